The molecule has 8 heteroatoms. The van der Waals surface area contributed by atoms with Crippen LogP contribution in [-0.4, -0.2) is 49.7 Å². The van der Waals surface area contributed by atoms with Crippen molar-refractivity contribution in [3.05, 3.63) is 71.0 Å². The molecule has 1 aliphatic rings. The van der Waals surface area contributed by atoms with Crippen LogP contribution in [0.1, 0.15) is 5.56 Å². The monoisotopic (exact) mass is 408 g/mol. The van der Waals surface area contributed by atoms with Gasteiger partial charge in [-0.25, -0.2) is 12.8 Å². The second kappa shape index (κ2) is 8.21. The van der Waals surface area contributed by atoms with Gasteiger partial charge in [0.1, 0.15) is 5.82 Å². The summed E-state index contributed by atoms with van der Waals surface area (Å²) in [6.07, 6.45) is 2.73. The maximum atomic E-state index is 13.6. The maximum Gasteiger partial charge on any atom is 0.246 e. The zero-order valence-electron chi connectivity index (χ0n) is 14.4. The zero-order valence-corrected chi connectivity index (χ0v) is 16.0. The molecule has 142 valence electrons. The van der Waals surface area contributed by atoms with Gasteiger partial charge in [-0.05, 0) is 36.4 Å². The predicted octanol–water partition coefficient (Wildman–Crippen LogP) is 3.03. The first kappa shape index (κ1) is 19.5. The first-order valence-corrected chi connectivity index (χ1v) is 10.2. The molecule has 0 aromatic heterocycles. The normalized spacial score (nSPS) is 16.0. The molecule has 1 amide bonds. The molecule has 1 fully saturated rings. The Labute approximate surface area is 162 Å². The van der Waals surface area contributed by atoms with Crippen LogP contribution in [0.3, 0.4) is 0 Å². The Morgan fingerprint density at radius 2 is 1.63 bits per heavy atom. The van der Waals surface area contributed by atoms with E-state index in [-0.39, 0.29) is 37.0 Å². The van der Waals surface area contributed by atoms with Gasteiger partial charge >= 0.3 is 0 Å². The molecule has 0 spiro atoms. The van der Waals surface area contributed by atoms with Gasteiger partial charge in [0.05, 0.1) is 4.90 Å². The van der Waals surface area contributed by atoms with Crippen molar-refractivity contribution in [3.8, 4) is 0 Å². The Hall–Kier alpha value is -2.22. The van der Waals surface area contributed by atoms with E-state index in [2.05, 4.69) is 0 Å². The molecule has 0 saturated carbocycles. The second-order valence-electron chi connectivity index (χ2n) is 6.04. The summed E-state index contributed by atoms with van der Waals surface area (Å²) in [5.74, 6) is -0.678. The number of rotatable bonds is 4. The molecule has 0 aliphatic carbocycles. The summed E-state index contributed by atoms with van der Waals surface area (Å²) < 4.78 is 40.2. The van der Waals surface area contributed by atoms with Crippen LogP contribution >= 0.6 is 11.6 Å². The van der Waals surface area contributed by atoms with Crippen molar-refractivity contribution in [2.45, 2.75) is 4.90 Å². The number of hydrogen-bond donors (Lipinski definition) is 0. The summed E-state index contributed by atoms with van der Waals surface area (Å²) in [5, 5.41) is 0.464. The molecule has 5 nitrogen and oxygen atoms in total. The van der Waals surface area contributed by atoms with Crippen LogP contribution in [0.15, 0.2) is 59.5 Å². The van der Waals surface area contributed by atoms with Gasteiger partial charge in [0.2, 0.25) is 15.9 Å². The largest absolute Gasteiger partial charge is 0.337 e. The fraction of sp³-hybridized carbons (Fsp3) is 0.211. The number of piperazine rings is 1. The van der Waals surface area contributed by atoms with E-state index in [1.807, 2.05) is 0 Å². The zero-order chi connectivity index (χ0) is 19.4. The Morgan fingerprint density at radius 1 is 1.00 bits per heavy atom. The van der Waals surface area contributed by atoms with Crippen LogP contribution in [0, 0.1) is 5.82 Å². The lowest BCUT2D eigenvalue weighted by molar-refractivity contribution is -0.127. The lowest BCUT2D eigenvalue weighted by Crippen LogP contribution is -2.50. The van der Waals surface area contributed by atoms with Gasteiger partial charge in [-0.2, -0.15) is 4.31 Å². The Kier molecular flexibility index (Phi) is 5.94. The molecule has 1 aliphatic heterocycles. The number of halogens is 2. The first-order valence-electron chi connectivity index (χ1n) is 8.35. The van der Waals surface area contributed by atoms with Gasteiger partial charge in [0, 0.05) is 42.8 Å². The number of sulfonamides is 1. The topological polar surface area (TPSA) is 57.7 Å². The van der Waals surface area contributed by atoms with Crippen LogP contribution in [0.4, 0.5) is 4.39 Å². The van der Waals surface area contributed by atoms with E-state index in [4.69, 9.17) is 11.6 Å². The quantitative estimate of drug-likeness (QED) is 0.731. The number of amides is 1. The molecule has 0 radical (unpaired) electrons. The van der Waals surface area contributed by atoms with Gasteiger partial charge in [0.25, 0.3) is 0 Å². The smallest absolute Gasteiger partial charge is 0.246 e. The van der Waals surface area contributed by atoms with Gasteiger partial charge in [-0.3, -0.25) is 4.79 Å². The first-order chi connectivity index (χ1) is 12.9. The van der Waals surface area contributed by atoms with Crippen molar-refractivity contribution < 1.29 is 17.6 Å². The van der Waals surface area contributed by atoms with Crippen LogP contribution in [0.5, 0.6) is 0 Å². The number of carbonyl (C=O) groups excluding carboxylic acids is 1. The van der Waals surface area contributed by atoms with Crippen molar-refractivity contribution in [3.63, 3.8) is 0 Å². The highest BCUT2D eigenvalue weighted by Crippen LogP contribution is 2.20. The van der Waals surface area contributed by atoms with Crippen LogP contribution in [0.2, 0.25) is 5.02 Å². The van der Waals surface area contributed by atoms with Crippen LogP contribution in [0.25, 0.3) is 6.08 Å². The summed E-state index contributed by atoms with van der Waals surface area (Å²) in [6, 6.07) is 12.2. The van der Waals surface area contributed by atoms with Crippen molar-refractivity contribution in [2.24, 2.45) is 0 Å². The van der Waals surface area contributed by atoms with Gasteiger partial charge in [-0.1, -0.05) is 29.8 Å². The summed E-state index contributed by atoms with van der Waals surface area (Å²) in [4.78, 5) is 14.0. The summed E-state index contributed by atoms with van der Waals surface area (Å²) >= 11 is 5.80. The summed E-state index contributed by atoms with van der Waals surface area (Å²) in [5.41, 5.74) is 0.329. The summed E-state index contributed by atoms with van der Waals surface area (Å²) in [7, 11) is -3.62. The Balaban J connectivity index is 1.62. The Bertz CT molecular complexity index is 953. The molecule has 27 heavy (non-hydrogen) atoms. The highest BCUT2D eigenvalue weighted by molar-refractivity contribution is 7.89. The maximum absolute atomic E-state index is 13.6. The minimum absolute atomic E-state index is 0.172. The average Bonchev–Trinajstić information content (AvgIpc) is 2.67. The fourth-order valence-corrected chi connectivity index (χ4v) is 4.33. The standard InChI is InChI=1S/C19H18ClFN2O3S/c20-16-6-8-17(9-7-16)27(25,26)23-13-11-22(12-14-23)19(24)10-5-15-3-1-2-4-18(15)21/h1-10H,11-14H2. The number of benzene rings is 2. The Morgan fingerprint density at radius 3 is 2.26 bits per heavy atom. The molecule has 0 atom stereocenters. The van der Waals surface area contributed by atoms with Crippen LogP contribution < -0.4 is 0 Å². The lowest BCUT2D eigenvalue weighted by Gasteiger charge is -2.33. The van der Waals surface area contributed by atoms with E-state index in [9.17, 15) is 17.6 Å². The molecular weight excluding hydrogens is 391 g/mol. The molecule has 0 unspecified atom stereocenters. The third-order valence-corrected chi connectivity index (χ3v) is 6.48. The molecule has 2 aromatic rings. The predicted molar refractivity (Wildman–Crippen MR) is 102 cm³/mol. The van der Waals surface area contributed by atoms with Crippen molar-refractivity contribution >= 4 is 33.6 Å². The molecule has 2 aromatic carbocycles. The van der Waals surface area contributed by atoms with E-state index in [0.29, 0.717) is 10.6 Å². The van der Waals surface area contributed by atoms with Gasteiger partial charge < -0.3 is 4.90 Å². The SMILES string of the molecule is O=C(C=Cc1ccccc1F)N1CCN(S(=O)(=O)c2ccc(Cl)cc2)CC1. The van der Waals surface area contributed by atoms with E-state index in [1.54, 1.807) is 23.1 Å². The summed E-state index contributed by atoms with van der Waals surface area (Å²) in [6.45, 7) is 0.939. The van der Waals surface area contributed by atoms with Crippen molar-refractivity contribution in [2.75, 3.05) is 26.2 Å². The van der Waals surface area contributed by atoms with Crippen molar-refractivity contribution in [1.29, 1.82) is 0 Å². The molecule has 0 N–H and O–H groups in total. The minimum atomic E-state index is -3.62. The molecule has 1 heterocycles. The number of hydrogen-bond acceptors (Lipinski definition) is 3. The van der Waals surface area contributed by atoms with E-state index >= 15 is 0 Å². The lowest BCUT2D eigenvalue weighted by atomic mass is 10.2. The molecule has 0 bridgehead atoms. The van der Waals surface area contributed by atoms with E-state index in [1.165, 1.54) is 46.8 Å². The molecular formula is C19H18ClFN2O3S. The highest BCUT2D eigenvalue weighted by atomic mass is 35.5. The fourth-order valence-electron chi connectivity index (χ4n) is 2.78. The van der Waals surface area contributed by atoms with E-state index in [0.717, 1.165) is 0 Å². The molecule has 3 rings (SSSR count). The number of carbonyl (C=O) groups is 1. The minimum Gasteiger partial charge on any atom is -0.337 e. The van der Waals surface area contributed by atoms with Gasteiger partial charge in [0.15, 0.2) is 0 Å². The van der Waals surface area contributed by atoms with Crippen molar-refractivity contribution in [1.82, 2.24) is 9.21 Å². The van der Waals surface area contributed by atoms with E-state index < -0.39 is 15.8 Å². The third kappa shape index (κ3) is 4.55. The average molecular weight is 409 g/mol. The second-order valence-corrected chi connectivity index (χ2v) is 8.41. The van der Waals surface area contributed by atoms with Gasteiger partial charge in [-0.15, -0.1) is 0 Å². The highest BCUT2D eigenvalue weighted by Gasteiger charge is 2.29. The molecule has 1 saturated heterocycles. The number of nitrogens with zero attached hydrogens (tertiary/aromatic N) is 2. The van der Waals surface area contributed by atoms with Crippen LogP contribution in [-0.2, 0) is 14.8 Å². The third-order valence-electron chi connectivity index (χ3n) is 4.31.